The van der Waals surface area contributed by atoms with Gasteiger partial charge in [0.05, 0.1) is 17.3 Å². The van der Waals surface area contributed by atoms with E-state index in [4.69, 9.17) is 17.3 Å². The van der Waals surface area contributed by atoms with E-state index in [0.29, 0.717) is 6.54 Å². The van der Waals surface area contributed by atoms with Crippen LogP contribution in [0.3, 0.4) is 0 Å². The molecule has 0 aliphatic rings. The number of halogens is 1. The topological polar surface area (TPSA) is 92.5 Å². The summed E-state index contributed by atoms with van der Waals surface area (Å²) < 4.78 is 26.1. The zero-order chi connectivity index (χ0) is 15.3. The summed E-state index contributed by atoms with van der Waals surface area (Å²) in [5.74, 6) is -0.372. The number of nitrogens with zero attached hydrogens (tertiary/aromatic N) is 1. The molecule has 0 heterocycles. The van der Waals surface area contributed by atoms with Crippen molar-refractivity contribution in [2.24, 2.45) is 0 Å². The number of carbonyl (C=O) groups is 1. The summed E-state index contributed by atoms with van der Waals surface area (Å²) in [6.45, 7) is 3.71. The van der Waals surface area contributed by atoms with Crippen LogP contribution in [0.1, 0.15) is 13.8 Å². The summed E-state index contributed by atoms with van der Waals surface area (Å²) in [5, 5.41) is 2.59. The van der Waals surface area contributed by atoms with Crippen LogP contribution in [0.4, 0.5) is 5.69 Å². The third-order valence-corrected chi connectivity index (χ3v) is 5.11. The number of sulfonamides is 1. The lowest BCUT2D eigenvalue weighted by molar-refractivity contribution is -0.121. The van der Waals surface area contributed by atoms with Gasteiger partial charge < -0.3 is 11.1 Å². The normalized spacial score (nSPS) is 11.6. The fourth-order valence-corrected chi connectivity index (χ4v) is 3.75. The first-order valence-electron chi connectivity index (χ1n) is 6.15. The van der Waals surface area contributed by atoms with Crippen molar-refractivity contribution >= 4 is 33.2 Å². The summed E-state index contributed by atoms with van der Waals surface area (Å²) in [6.07, 6.45) is 0. The molecule has 112 valence electrons. The fraction of sp³-hybridized carbons (Fsp3) is 0.417. The van der Waals surface area contributed by atoms with Crippen molar-refractivity contribution in [3.05, 3.63) is 23.2 Å². The molecule has 8 heteroatoms. The van der Waals surface area contributed by atoms with Gasteiger partial charge in [-0.05, 0) is 19.1 Å². The van der Waals surface area contributed by atoms with Gasteiger partial charge in [0.2, 0.25) is 15.9 Å². The van der Waals surface area contributed by atoms with E-state index in [1.165, 1.54) is 12.1 Å². The van der Waals surface area contributed by atoms with Crippen LogP contribution in [-0.4, -0.2) is 38.3 Å². The molecule has 0 aromatic heterocycles. The number of nitrogens with one attached hydrogen (secondary N) is 1. The van der Waals surface area contributed by atoms with Gasteiger partial charge in [-0.1, -0.05) is 24.6 Å². The molecule has 1 aromatic rings. The van der Waals surface area contributed by atoms with Gasteiger partial charge in [0.15, 0.2) is 0 Å². The van der Waals surface area contributed by atoms with Crippen molar-refractivity contribution in [1.82, 2.24) is 9.62 Å². The van der Waals surface area contributed by atoms with E-state index in [2.05, 4.69) is 5.32 Å². The van der Waals surface area contributed by atoms with Crippen LogP contribution in [0.2, 0.25) is 5.02 Å². The molecule has 0 fully saturated rings. The highest BCUT2D eigenvalue weighted by Crippen LogP contribution is 2.29. The molecule has 1 aromatic carbocycles. The Labute approximate surface area is 123 Å². The summed E-state index contributed by atoms with van der Waals surface area (Å²) in [5.41, 5.74) is 5.76. The minimum absolute atomic E-state index is 0.0411. The Morgan fingerprint density at radius 2 is 2.05 bits per heavy atom. The summed E-state index contributed by atoms with van der Waals surface area (Å²) in [4.78, 5) is 11.4. The lowest BCUT2D eigenvalue weighted by Gasteiger charge is -2.21. The first kappa shape index (κ1) is 16.7. The van der Waals surface area contributed by atoms with Gasteiger partial charge in [-0.2, -0.15) is 4.31 Å². The molecule has 0 atom stereocenters. The van der Waals surface area contributed by atoms with Gasteiger partial charge in [0.1, 0.15) is 4.90 Å². The molecule has 0 bridgehead atoms. The Balaban J connectivity index is 3.16. The van der Waals surface area contributed by atoms with Crippen molar-refractivity contribution in [3.8, 4) is 0 Å². The van der Waals surface area contributed by atoms with E-state index in [-0.39, 0.29) is 34.6 Å². The third-order valence-electron chi connectivity index (χ3n) is 2.64. The molecule has 6 nitrogen and oxygen atoms in total. The molecule has 1 amide bonds. The minimum Gasteiger partial charge on any atom is -0.398 e. The van der Waals surface area contributed by atoms with Crippen molar-refractivity contribution in [2.75, 3.05) is 25.4 Å². The molecule has 20 heavy (non-hydrogen) atoms. The van der Waals surface area contributed by atoms with Crippen LogP contribution in [0.5, 0.6) is 0 Å². The summed E-state index contributed by atoms with van der Waals surface area (Å²) in [6, 6.07) is 4.47. The number of nitrogens with two attached hydrogens (primary N) is 1. The van der Waals surface area contributed by atoms with Crippen LogP contribution >= 0.6 is 11.6 Å². The third kappa shape index (κ3) is 3.62. The number of benzene rings is 1. The van der Waals surface area contributed by atoms with E-state index >= 15 is 0 Å². The number of hydrogen-bond acceptors (Lipinski definition) is 4. The maximum atomic E-state index is 12.5. The van der Waals surface area contributed by atoms with E-state index in [0.717, 1.165) is 4.31 Å². The van der Waals surface area contributed by atoms with E-state index in [1.54, 1.807) is 19.9 Å². The monoisotopic (exact) mass is 319 g/mol. The second kappa shape index (κ2) is 6.92. The van der Waals surface area contributed by atoms with Crippen molar-refractivity contribution in [2.45, 2.75) is 18.7 Å². The average molecular weight is 320 g/mol. The Bertz CT molecular complexity index is 569. The van der Waals surface area contributed by atoms with Gasteiger partial charge in [0.25, 0.3) is 0 Å². The van der Waals surface area contributed by atoms with Crippen LogP contribution in [-0.2, 0) is 14.8 Å². The molecule has 1 rings (SSSR count). The molecular weight excluding hydrogens is 302 g/mol. The molecule has 3 N–H and O–H groups in total. The van der Waals surface area contributed by atoms with Crippen molar-refractivity contribution in [3.63, 3.8) is 0 Å². The highest BCUT2D eigenvalue weighted by Gasteiger charge is 2.29. The highest BCUT2D eigenvalue weighted by molar-refractivity contribution is 7.89. The molecule has 0 saturated carbocycles. The summed E-state index contributed by atoms with van der Waals surface area (Å²) >= 11 is 5.93. The lowest BCUT2D eigenvalue weighted by Crippen LogP contribution is -2.40. The second-order valence-corrected chi connectivity index (χ2v) is 6.32. The maximum absolute atomic E-state index is 12.5. The number of nitrogen functional groups attached to an aromatic ring is 1. The standard InChI is InChI=1S/C12H18ClN3O3S/c1-3-15-11(17)8-16(4-2)20(18,19)12-9(13)6-5-7-10(12)14/h5-7H,3-4,8,14H2,1-2H3,(H,15,17). The quantitative estimate of drug-likeness (QED) is 0.767. The van der Waals surface area contributed by atoms with Gasteiger partial charge in [-0.25, -0.2) is 8.42 Å². The Morgan fingerprint density at radius 3 is 2.55 bits per heavy atom. The molecule has 0 unspecified atom stereocenters. The van der Waals surface area contributed by atoms with Crippen molar-refractivity contribution < 1.29 is 13.2 Å². The maximum Gasteiger partial charge on any atom is 0.247 e. The lowest BCUT2D eigenvalue weighted by atomic mass is 10.3. The SMILES string of the molecule is CCNC(=O)CN(CC)S(=O)(=O)c1c(N)cccc1Cl. The minimum atomic E-state index is -3.91. The van der Waals surface area contributed by atoms with Gasteiger partial charge in [-0.3, -0.25) is 4.79 Å². The van der Waals surface area contributed by atoms with Crippen LogP contribution < -0.4 is 11.1 Å². The number of anilines is 1. The van der Waals surface area contributed by atoms with E-state index in [1.807, 2.05) is 0 Å². The predicted molar refractivity (Wildman–Crippen MR) is 79.0 cm³/mol. The van der Waals surface area contributed by atoms with Gasteiger partial charge >= 0.3 is 0 Å². The zero-order valence-electron chi connectivity index (χ0n) is 11.4. The van der Waals surface area contributed by atoms with Crippen LogP contribution in [0.25, 0.3) is 0 Å². The largest absolute Gasteiger partial charge is 0.398 e. The van der Waals surface area contributed by atoms with Crippen molar-refractivity contribution in [1.29, 1.82) is 0 Å². The number of amides is 1. The molecule has 0 aliphatic heterocycles. The second-order valence-electron chi connectivity index (χ2n) is 4.04. The Hall–Kier alpha value is -1.31. The number of carbonyl (C=O) groups excluding carboxylic acids is 1. The molecule has 0 spiro atoms. The number of likely N-dealkylation sites (N-methyl/N-ethyl adjacent to an activating group) is 2. The first-order chi connectivity index (χ1) is 9.34. The Morgan fingerprint density at radius 1 is 1.40 bits per heavy atom. The zero-order valence-corrected chi connectivity index (χ0v) is 13.0. The molecule has 0 saturated heterocycles. The fourth-order valence-electron chi connectivity index (χ4n) is 1.71. The molecular formula is C12H18ClN3O3S. The average Bonchev–Trinajstić information content (AvgIpc) is 2.35. The van der Waals surface area contributed by atoms with E-state index < -0.39 is 10.0 Å². The van der Waals surface area contributed by atoms with E-state index in [9.17, 15) is 13.2 Å². The first-order valence-corrected chi connectivity index (χ1v) is 7.97. The number of rotatable bonds is 6. The smallest absolute Gasteiger partial charge is 0.247 e. The van der Waals surface area contributed by atoms with Crippen LogP contribution in [0, 0.1) is 0 Å². The molecule has 0 aliphatic carbocycles. The highest BCUT2D eigenvalue weighted by atomic mass is 35.5. The molecule has 0 radical (unpaired) electrons. The Kier molecular flexibility index (Phi) is 5.79. The number of hydrogen-bond donors (Lipinski definition) is 2. The van der Waals surface area contributed by atoms with Gasteiger partial charge in [-0.15, -0.1) is 0 Å². The predicted octanol–water partition coefficient (Wildman–Crippen LogP) is 1.07. The van der Waals surface area contributed by atoms with Crippen LogP contribution in [0.15, 0.2) is 23.1 Å². The van der Waals surface area contributed by atoms with Gasteiger partial charge in [0, 0.05) is 13.1 Å². The summed E-state index contributed by atoms with van der Waals surface area (Å²) in [7, 11) is -3.91.